The summed E-state index contributed by atoms with van der Waals surface area (Å²) in [7, 11) is 0. The maximum absolute atomic E-state index is 11.7. The van der Waals surface area contributed by atoms with Gasteiger partial charge in [-0.25, -0.2) is 4.98 Å². The summed E-state index contributed by atoms with van der Waals surface area (Å²) in [4.78, 5) is 26.5. The lowest BCUT2D eigenvalue weighted by molar-refractivity contribution is -0.117. The number of primary amides is 1. The van der Waals surface area contributed by atoms with Gasteiger partial charge in [0.15, 0.2) is 5.13 Å². The topological polar surface area (TPSA) is 98.2 Å². The van der Waals surface area contributed by atoms with Crippen LogP contribution in [-0.2, 0) is 22.4 Å². The Morgan fingerprint density at radius 3 is 3.00 bits per heavy atom. The largest absolute Gasteiger partial charge is 0.469 e. The number of carbonyl (C=O) groups is 2. The van der Waals surface area contributed by atoms with Gasteiger partial charge in [-0.15, -0.1) is 11.3 Å². The molecule has 0 bridgehead atoms. The van der Waals surface area contributed by atoms with E-state index < -0.39 is 5.91 Å². The number of anilines is 1. The second-order valence-electron chi connectivity index (χ2n) is 3.91. The predicted octanol–water partition coefficient (Wildman–Crippen LogP) is 1.34. The molecular formula is C12H13N3O3S. The molecule has 2 aromatic rings. The maximum Gasteiger partial charge on any atom is 0.226 e. The third-order valence-electron chi connectivity index (χ3n) is 2.33. The van der Waals surface area contributed by atoms with Crippen LogP contribution in [0.2, 0.25) is 0 Å². The van der Waals surface area contributed by atoms with Crippen LogP contribution >= 0.6 is 11.3 Å². The van der Waals surface area contributed by atoms with Crippen LogP contribution in [0, 0.1) is 0 Å². The van der Waals surface area contributed by atoms with E-state index in [1.54, 1.807) is 17.7 Å². The number of nitrogens with one attached hydrogen (secondary N) is 1. The van der Waals surface area contributed by atoms with E-state index in [0.29, 0.717) is 23.7 Å². The lowest BCUT2D eigenvalue weighted by atomic mass is 10.2. The van der Waals surface area contributed by atoms with E-state index in [0.717, 1.165) is 5.76 Å². The van der Waals surface area contributed by atoms with Crippen molar-refractivity contribution in [1.82, 2.24) is 4.98 Å². The Balaban J connectivity index is 1.81. The van der Waals surface area contributed by atoms with Crippen molar-refractivity contribution < 1.29 is 14.0 Å². The van der Waals surface area contributed by atoms with Crippen molar-refractivity contribution in [2.24, 2.45) is 5.73 Å². The van der Waals surface area contributed by atoms with Gasteiger partial charge in [-0.1, -0.05) is 0 Å². The molecule has 0 aliphatic rings. The molecular weight excluding hydrogens is 266 g/mol. The van der Waals surface area contributed by atoms with Gasteiger partial charge in [0.25, 0.3) is 0 Å². The molecule has 0 aliphatic carbocycles. The number of rotatable bonds is 6. The molecule has 0 aromatic carbocycles. The van der Waals surface area contributed by atoms with Crippen LogP contribution in [0.3, 0.4) is 0 Å². The zero-order valence-corrected chi connectivity index (χ0v) is 10.9. The molecule has 0 atom stereocenters. The summed E-state index contributed by atoms with van der Waals surface area (Å²) < 4.78 is 5.14. The van der Waals surface area contributed by atoms with Crippen molar-refractivity contribution in [3.05, 3.63) is 35.2 Å². The van der Waals surface area contributed by atoms with Crippen LogP contribution in [0.25, 0.3) is 0 Å². The second-order valence-corrected chi connectivity index (χ2v) is 4.77. The summed E-state index contributed by atoms with van der Waals surface area (Å²) in [5, 5.41) is 4.85. The lowest BCUT2D eigenvalue weighted by Gasteiger charge is -1.99. The van der Waals surface area contributed by atoms with Crippen LogP contribution < -0.4 is 11.1 Å². The Morgan fingerprint density at radius 2 is 2.32 bits per heavy atom. The highest BCUT2D eigenvalue weighted by molar-refractivity contribution is 7.13. The van der Waals surface area contributed by atoms with Crippen molar-refractivity contribution in [1.29, 1.82) is 0 Å². The minimum atomic E-state index is -0.444. The number of nitrogens with zero attached hydrogens (tertiary/aromatic N) is 1. The molecule has 7 heteroatoms. The molecule has 19 heavy (non-hydrogen) atoms. The fourth-order valence-electron chi connectivity index (χ4n) is 1.50. The van der Waals surface area contributed by atoms with Crippen molar-refractivity contribution in [2.75, 3.05) is 5.32 Å². The minimum Gasteiger partial charge on any atom is -0.469 e. The molecule has 0 aliphatic heterocycles. The molecule has 0 unspecified atom stereocenters. The van der Waals surface area contributed by atoms with Gasteiger partial charge in [0.2, 0.25) is 11.8 Å². The normalized spacial score (nSPS) is 10.3. The first-order chi connectivity index (χ1) is 9.13. The number of amides is 2. The summed E-state index contributed by atoms with van der Waals surface area (Å²) in [6, 6.07) is 3.60. The third-order valence-corrected chi connectivity index (χ3v) is 3.14. The van der Waals surface area contributed by atoms with Crippen LogP contribution in [0.15, 0.2) is 28.2 Å². The van der Waals surface area contributed by atoms with Gasteiger partial charge in [-0.05, 0) is 12.1 Å². The number of aryl methyl sites for hydroxylation is 1. The van der Waals surface area contributed by atoms with Gasteiger partial charge in [-0.2, -0.15) is 0 Å². The number of hydrogen-bond donors (Lipinski definition) is 2. The zero-order valence-electron chi connectivity index (χ0n) is 10.1. The summed E-state index contributed by atoms with van der Waals surface area (Å²) in [5.74, 6) is 0.182. The first-order valence-corrected chi connectivity index (χ1v) is 6.56. The first-order valence-electron chi connectivity index (χ1n) is 5.68. The Kier molecular flexibility index (Phi) is 4.30. The summed E-state index contributed by atoms with van der Waals surface area (Å²) in [5.41, 5.74) is 5.63. The summed E-state index contributed by atoms with van der Waals surface area (Å²) in [6.45, 7) is 0. The third kappa shape index (κ3) is 4.22. The molecule has 0 fully saturated rings. The molecule has 100 valence electrons. The number of carbonyl (C=O) groups excluding carboxylic acids is 2. The molecule has 0 spiro atoms. The smallest absolute Gasteiger partial charge is 0.226 e. The van der Waals surface area contributed by atoms with E-state index in [2.05, 4.69) is 10.3 Å². The Labute approximate surface area is 113 Å². The number of thiazole rings is 1. The highest BCUT2D eigenvalue weighted by Gasteiger charge is 2.09. The van der Waals surface area contributed by atoms with Gasteiger partial charge in [0.05, 0.1) is 18.4 Å². The predicted molar refractivity (Wildman–Crippen MR) is 70.7 cm³/mol. The molecule has 2 rings (SSSR count). The number of furan rings is 1. The Hall–Kier alpha value is -2.15. The van der Waals surface area contributed by atoms with Crippen LogP contribution in [0.4, 0.5) is 5.13 Å². The maximum atomic E-state index is 11.7. The molecule has 0 saturated carbocycles. The molecule has 2 amide bonds. The average Bonchev–Trinajstić information content (AvgIpc) is 2.97. The van der Waals surface area contributed by atoms with E-state index in [4.69, 9.17) is 10.2 Å². The molecule has 3 N–H and O–H groups in total. The van der Waals surface area contributed by atoms with Gasteiger partial charge in [-0.3, -0.25) is 9.59 Å². The van der Waals surface area contributed by atoms with Crippen molar-refractivity contribution >= 4 is 28.3 Å². The molecule has 0 saturated heterocycles. The first kappa shape index (κ1) is 13.3. The Morgan fingerprint density at radius 1 is 1.47 bits per heavy atom. The van der Waals surface area contributed by atoms with Crippen molar-refractivity contribution in [2.45, 2.75) is 19.3 Å². The Bertz CT molecular complexity index is 563. The SMILES string of the molecule is NC(=O)Cc1csc(NC(=O)CCc2ccco2)n1. The van der Waals surface area contributed by atoms with Gasteiger partial charge in [0.1, 0.15) is 5.76 Å². The highest BCUT2D eigenvalue weighted by atomic mass is 32.1. The van der Waals surface area contributed by atoms with E-state index in [1.165, 1.54) is 11.3 Å². The van der Waals surface area contributed by atoms with Crippen LogP contribution in [-0.4, -0.2) is 16.8 Å². The van der Waals surface area contributed by atoms with E-state index in [1.807, 2.05) is 6.07 Å². The lowest BCUT2D eigenvalue weighted by Crippen LogP contribution is -2.14. The summed E-state index contributed by atoms with van der Waals surface area (Å²) in [6.07, 6.45) is 2.51. The monoisotopic (exact) mass is 279 g/mol. The van der Waals surface area contributed by atoms with Crippen LogP contribution in [0.1, 0.15) is 17.9 Å². The molecule has 2 aromatic heterocycles. The van der Waals surface area contributed by atoms with Crippen molar-refractivity contribution in [3.63, 3.8) is 0 Å². The average molecular weight is 279 g/mol. The van der Waals surface area contributed by atoms with Crippen LogP contribution in [0.5, 0.6) is 0 Å². The quantitative estimate of drug-likeness (QED) is 0.833. The van der Waals surface area contributed by atoms with E-state index in [9.17, 15) is 9.59 Å². The second kappa shape index (κ2) is 6.14. The fourth-order valence-corrected chi connectivity index (χ4v) is 2.22. The van der Waals surface area contributed by atoms with Gasteiger partial charge >= 0.3 is 0 Å². The summed E-state index contributed by atoms with van der Waals surface area (Å²) >= 11 is 1.27. The molecule has 2 heterocycles. The number of hydrogen-bond acceptors (Lipinski definition) is 5. The van der Waals surface area contributed by atoms with Gasteiger partial charge < -0.3 is 15.5 Å². The number of nitrogens with two attached hydrogens (primary N) is 1. The fraction of sp³-hybridized carbons (Fsp3) is 0.250. The van der Waals surface area contributed by atoms with Gasteiger partial charge in [0, 0.05) is 18.2 Å². The highest BCUT2D eigenvalue weighted by Crippen LogP contribution is 2.16. The zero-order chi connectivity index (χ0) is 13.7. The standard InChI is InChI=1S/C12H13N3O3S/c13-10(16)6-8-7-19-12(14-8)15-11(17)4-3-9-2-1-5-18-9/h1-2,5,7H,3-4,6H2,(H2,13,16)(H,14,15,17). The molecule has 6 nitrogen and oxygen atoms in total. The number of aromatic nitrogens is 1. The van der Waals surface area contributed by atoms with Crippen molar-refractivity contribution in [3.8, 4) is 0 Å². The van der Waals surface area contributed by atoms with E-state index in [-0.39, 0.29) is 12.3 Å². The minimum absolute atomic E-state index is 0.0821. The molecule has 0 radical (unpaired) electrons. The van der Waals surface area contributed by atoms with E-state index >= 15 is 0 Å².